The van der Waals surface area contributed by atoms with Crippen LogP contribution in [0.4, 0.5) is 0 Å². The molecule has 1 aromatic carbocycles. The van der Waals surface area contributed by atoms with Gasteiger partial charge in [0.25, 0.3) is 5.56 Å². The highest BCUT2D eigenvalue weighted by Gasteiger charge is 2.07. The number of nitrogens with zero attached hydrogens (tertiary/aromatic N) is 1. The second kappa shape index (κ2) is 4.33. The number of aromatic nitrogens is 2. The van der Waals surface area contributed by atoms with Crippen molar-refractivity contribution in [1.82, 2.24) is 9.97 Å². The van der Waals surface area contributed by atoms with Crippen LogP contribution in [0.5, 0.6) is 5.88 Å². The van der Waals surface area contributed by atoms with Gasteiger partial charge in [-0.2, -0.15) is 0 Å². The predicted octanol–water partition coefficient (Wildman–Crippen LogP) is 0.593. The first kappa shape index (κ1) is 11.6. The number of aromatic amines is 2. The number of nitrogens with one attached hydrogen (secondary N) is 2. The molecule has 0 spiro atoms. The van der Waals surface area contributed by atoms with Crippen LogP contribution in [-0.2, 0) is 0 Å². The summed E-state index contributed by atoms with van der Waals surface area (Å²) >= 11 is 4.76. The molecule has 0 amide bonds. The Morgan fingerprint density at radius 3 is 2.79 bits per heavy atom. The summed E-state index contributed by atoms with van der Waals surface area (Å²) in [5, 5.41) is 11.5. The van der Waals surface area contributed by atoms with Crippen LogP contribution in [0.25, 0.3) is 12.2 Å². The van der Waals surface area contributed by atoms with Crippen LogP contribution >= 0.6 is 12.2 Å². The van der Waals surface area contributed by atoms with E-state index in [2.05, 4.69) is 15.0 Å². The lowest BCUT2D eigenvalue weighted by atomic mass is 10.2. The minimum absolute atomic E-state index is 0.0836. The van der Waals surface area contributed by atoms with Crippen molar-refractivity contribution >= 4 is 24.4 Å². The lowest BCUT2D eigenvalue weighted by molar-refractivity contribution is 0.448. The van der Waals surface area contributed by atoms with Crippen LogP contribution in [0.1, 0.15) is 5.56 Å². The summed E-state index contributed by atoms with van der Waals surface area (Å²) in [6, 6.07) is 7.62. The van der Waals surface area contributed by atoms with Crippen molar-refractivity contribution in [3.63, 3.8) is 0 Å². The van der Waals surface area contributed by atoms with Gasteiger partial charge in [-0.3, -0.25) is 9.78 Å². The molecule has 0 fully saturated rings. The van der Waals surface area contributed by atoms with Gasteiger partial charge in [0.15, 0.2) is 4.77 Å². The van der Waals surface area contributed by atoms with Gasteiger partial charge in [0.2, 0.25) is 5.88 Å². The van der Waals surface area contributed by atoms with Crippen LogP contribution in [0.3, 0.4) is 0 Å². The van der Waals surface area contributed by atoms with Crippen molar-refractivity contribution in [2.75, 3.05) is 0 Å². The van der Waals surface area contributed by atoms with Gasteiger partial charge in [-0.15, -0.1) is 0 Å². The molecule has 0 saturated carbocycles. The first-order valence-electron chi connectivity index (χ1n) is 5.56. The molecule has 0 aliphatic carbocycles. The molecule has 6 heteroatoms. The minimum atomic E-state index is -0.451. The zero-order chi connectivity index (χ0) is 13.4. The van der Waals surface area contributed by atoms with E-state index in [-0.39, 0.29) is 16.2 Å². The summed E-state index contributed by atoms with van der Waals surface area (Å²) in [4.78, 5) is 21.0. The number of hydrogen-bond acceptors (Lipinski definition) is 4. The second-order valence-electron chi connectivity index (χ2n) is 4.05. The maximum Gasteiger partial charge on any atom is 0.262 e. The Hall–Kier alpha value is -2.47. The van der Waals surface area contributed by atoms with Gasteiger partial charge in [-0.1, -0.05) is 18.2 Å². The molecule has 0 saturated heterocycles. The van der Waals surface area contributed by atoms with E-state index in [1.807, 2.05) is 30.3 Å². The molecular weight excluding hydrogens is 262 g/mol. The van der Waals surface area contributed by atoms with E-state index >= 15 is 0 Å². The Labute approximate surface area is 112 Å². The first-order chi connectivity index (χ1) is 9.13. The van der Waals surface area contributed by atoms with Crippen LogP contribution in [0.15, 0.2) is 39.7 Å². The average molecular weight is 271 g/mol. The van der Waals surface area contributed by atoms with Gasteiger partial charge in [-0.25, -0.2) is 4.99 Å². The zero-order valence-electron chi connectivity index (χ0n) is 9.68. The topological polar surface area (TPSA) is 81.2 Å². The summed E-state index contributed by atoms with van der Waals surface area (Å²) in [6.07, 6.45) is 3.36. The molecule has 0 radical (unpaired) electrons. The van der Waals surface area contributed by atoms with E-state index in [4.69, 9.17) is 12.2 Å². The number of aromatic hydroxyl groups is 1. The number of fused-ring (bicyclic) bond motifs is 1. The zero-order valence-corrected chi connectivity index (χ0v) is 10.5. The Morgan fingerprint density at radius 1 is 1.26 bits per heavy atom. The molecule has 1 aliphatic rings. The molecule has 0 unspecified atom stereocenters. The molecule has 1 aliphatic heterocycles. The Balaban J connectivity index is 2.18. The lowest BCUT2D eigenvalue weighted by Crippen LogP contribution is -2.19. The standard InChI is InChI=1S/C13H9N3O2S/c17-11-9(12(18)16-13(19)15-11)6-8-5-7-3-1-2-4-10(7)14-8/h1-6H,(H3,15,16,17,18,19)/b8-6+. The number of benzene rings is 1. The molecule has 0 bridgehead atoms. The van der Waals surface area contributed by atoms with Crippen LogP contribution < -0.4 is 16.1 Å². The lowest BCUT2D eigenvalue weighted by Gasteiger charge is -1.97. The normalized spacial score (nSPS) is 14.8. The molecule has 3 N–H and O–H groups in total. The van der Waals surface area contributed by atoms with Crippen LogP contribution in [0, 0.1) is 4.77 Å². The van der Waals surface area contributed by atoms with Crippen LogP contribution in [-0.4, -0.2) is 15.1 Å². The van der Waals surface area contributed by atoms with Crippen molar-refractivity contribution in [2.24, 2.45) is 4.99 Å². The van der Waals surface area contributed by atoms with E-state index in [1.54, 1.807) is 0 Å². The molecule has 19 heavy (non-hydrogen) atoms. The van der Waals surface area contributed by atoms with Gasteiger partial charge in [0.1, 0.15) is 5.56 Å². The van der Waals surface area contributed by atoms with Gasteiger partial charge in [-0.05, 0) is 30.4 Å². The van der Waals surface area contributed by atoms with E-state index in [0.717, 1.165) is 10.6 Å². The highest BCUT2D eigenvalue weighted by molar-refractivity contribution is 7.71. The number of H-pyrrole nitrogens is 2. The Kier molecular flexibility index (Phi) is 2.64. The fraction of sp³-hybridized carbons (Fsp3) is 0. The molecule has 0 atom stereocenters. The van der Waals surface area contributed by atoms with E-state index < -0.39 is 5.56 Å². The average Bonchev–Trinajstić information content (AvgIpc) is 2.76. The third-order valence-electron chi connectivity index (χ3n) is 2.74. The van der Waals surface area contributed by atoms with E-state index in [0.29, 0.717) is 5.70 Å². The summed E-state index contributed by atoms with van der Waals surface area (Å²) < 4.78 is 0.0836. The quantitative estimate of drug-likeness (QED) is 0.664. The summed E-state index contributed by atoms with van der Waals surface area (Å²) in [5.41, 5.74) is 0.261. The highest BCUT2D eigenvalue weighted by Crippen LogP contribution is 2.13. The number of para-hydroxylation sites is 1. The maximum atomic E-state index is 11.7. The summed E-state index contributed by atoms with van der Waals surface area (Å²) in [5.74, 6) is -0.263. The smallest absolute Gasteiger partial charge is 0.262 e. The van der Waals surface area contributed by atoms with E-state index in [1.165, 1.54) is 6.08 Å². The molecule has 1 aromatic heterocycles. The van der Waals surface area contributed by atoms with Crippen molar-refractivity contribution < 1.29 is 5.11 Å². The van der Waals surface area contributed by atoms with Crippen LogP contribution in [0.2, 0.25) is 0 Å². The van der Waals surface area contributed by atoms with Gasteiger partial charge in [0.05, 0.1) is 11.1 Å². The van der Waals surface area contributed by atoms with Crippen molar-refractivity contribution in [3.8, 4) is 5.88 Å². The predicted molar refractivity (Wildman–Crippen MR) is 73.6 cm³/mol. The SMILES string of the molecule is O=c1[nH]c(=S)[nH]c(O)c1/C=C1\C=c2ccccc2=N1. The Bertz CT molecular complexity index is 885. The maximum absolute atomic E-state index is 11.7. The van der Waals surface area contributed by atoms with Crippen molar-refractivity contribution in [1.29, 1.82) is 0 Å². The molecule has 2 heterocycles. The number of allylic oxidation sites excluding steroid dienone is 1. The largest absolute Gasteiger partial charge is 0.494 e. The fourth-order valence-corrected chi connectivity index (χ4v) is 2.07. The summed E-state index contributed by atoms with van der Waals surface area (Å²) in [6.45, 7) is 0. The molecular formula is C13H9N3O2S. The van der Waals surface area contributed by atoms with E-state index in [9.17, 15) is 9.90 Å². The van der Waals surface area contributed by atoms with Gasteiger partial charge in [0, 0.05) is 5.22 Å². The molecule has 94 valence electrons. The molecule has 2 aromatic rings. The Morgan fingerprint density at radius 2 is 2.05 bits per heavy atom. The molecule has 5 nitrogen and oxygen atoms in total. The van der Waals surface area contributed by atoms with Gasteiger partial charge >= 0.3 is 0 Å². The van der Waals surface area contributed by atoms with Crippen molar-refractivity contribution in [2.45, 2.75) is 0 Å². The third kappa shape index (κ3) is 2.13. The summed E-state index contributed by atoms with van der Waals surface area (Å²) in [7, 11) is 0. The van der Waals surface area contributed by atoms with Gasteiger partial charge < -0.3 is 10.1 Å². The number of hydrogen-bond donors (Lipinski definition) is 3. The molecule has 3 rings (SSSR count). The second-order valence-corrected chi connectivity index (χ2v) is 4.46. The third-order valence-corrected chi connectivity index (χ3v) is 2.94. The minimum Gasteiger partial charge on any atom is -0.494 e. The first-order valence-corrected chi connectivity index (χ1v) is 5.97. The number of rotatable bonds is 1. The van der Waals surface area contributed by atoms with Crippen molar-refractivity contribution in [3.05, 3.63) is 61.2 Å². The highest BCUT2D eigenvalue weighted by atomic mass is 32.1. The fourth-order valence-electron chi connectivity index (χ4n) is 1.88. The monoisotopic (exact) mass is 271 g/mol.